The summed E-state index contributed by atoms with van der Waals surface area (Å²) in [6.45, 7) is -0.283. The topological polar surface area (TPSA) is 78.0 Å². The number of pyridine rings is 2. The molecule has 170 valence electrons. The second-order valence-corrected chi connectivity index (χ2v) is 7.64. The molecule has 7 nitrogen and oxygen atoms in total. The third kappa shape index (κ3) is 4.03. The Labute approximate surface area is 197 Å². The number of hydrogen-bond acceptors (Lipinski definition) is 5. The fourth-order valence-electron chi connectivity index (χ4n) is 3.45. The van der Waals surface area contributed by atoms with Gasteiger partial charge in [-0.15, -0.1) is 5.10 Å². The first kappa shape index (κ1) is 19.4. The minimum atomic E-state index is -4.69. The predicted octanol–water partition coefficient (Wildman–Crippen LogP) is 4.74. The van der Waals surface area contributed by atoms with Crippen LogP contribution in [0, 0.1) is 0 Å². The first-order valence-electron chi connectivity index (χ1n) is 10.8. The molecule has 0 aliphatic heterocycles. The maximum Gasteiger partial charge on any atom is 0.433 e. The van der Waals surface area contributed by atoms with Gasteiger partial charge in [-0.2, -0.15) is 22.8 Å². The van der Waals surface area contributed by atoms with Crippen LogP contribution < -0.4 is 5.69 Å². The van der Waals surface area contributed by atoms with Gasteiger partial charge in [0.1, 0.15) is 5.69 Å². The normalized spacial score (nSPS) is 12.6. The lowest BCUT2D eigenvalue weighted by Crippen LogP contribution is -2.23. The highest BCUT2D eigenvalue weighted by Crippen LogP contribution is 2.34. The third-order valence-corrected chi connectivity index (χ3v) is 5.28. The average Bonchev–Trinajstić information content (AvgIpc) is 3.16. The van der Waals surface area contributed by atoms with E-state index >= 15 is 0 Å². The van der Waals surface area contributed by atoms with Crippen molar-refractivity contribution in [2.45, 2.75) is 12.7 Å². The summed E-state index contributed by atoms with van der Waals surface area (Å²) in [7, 11) is 0. The van der Waals surface area contributed by atoms with E-state index in [4.69, 9.17) is 14.3 Å². The van der Waals surface area contributed by atoms with Gasteiger partial charge in [0.25, 0.3) is 0 Å². The van der Waals surface area contributed by atoms with Gasteiger partial charge < -0.3 is 0 Å². The van der Waals surface area contributed by atoms with Crippen LogP contribution in [0.4, 0.5) is 13.2 Å². The molecule has 4 aromatic heterocycles. The molecule has 4 heterocycles. The zero-order valence-corrected chi connectivity index (χ0v) is 17.8. The molecule has 0 bridgehead atoms. The minimum Gasteiger partial charge on any atom is -0.265 e. The average molecular weight is 487 g/mol. The molecular weight excluding hydrogens is 469 g/mol. The van der Waals surface area contributed by atoms with E-state index in [0.29, 0.717) is 22.3 Å². The van der Waals surface area contributed by atoms with Gasteiger partial charge in [0.2, 0.25) is 0 Å². The number of fused-ring (bicyclic) bond motifs is 1. The first-order valence-corrected chi connectivity index (χ1v) is 10.2. The van der Waals surface area contributed by atoms with Gasteiger partial charge in [-0.05, 0) is 47.0 Å². The van der Waals surface area contributed by atoms with E-state index in [0.717, 1.165) is 21.3 Å². The van der Waals surface area contributed by atoms with E-state index in [-0.39, 0.29) is 28.8 Å². The highest BCUT2D eigenvalue weighted by molar-refractivity contribution is 6.30. The quantitative estimate of drug-likeness (QED) is 0.367. The summed E-state index contributed by atoms with van der Waals surface area (Å²) in [5.74, 6) is 0. The largest absolute Gasteiger partial charge is 0.433 e. The van der Waals surface area contributed by atoms with Crippen molar-refractivity contribution in [3.63, 3.8) is 0 Å². The smallest absolute Gasteiger partial charge is 0.265 e. The summed E-state index contributed by atoms with van der Waals surface area (Å²) in [5.41, 5.74) is 0.810. The number of rotatable bonds is 4. The van der Waals surface area contributed by atoms with Crippen molar-refractivity contribution in [2.75, 3.05) is 0 Å². The zero-order chi connectivity index (χ0) is 25.6. The molecule has 5 aromatic rings. The minimum absolute atomic E-state index is 0.0794. The van der Waals surface area contributed by atoms with Gasteiger partial charge in [-0.3, -0.25) is 9.97 Å². The molecular formula is C23H14ClF3N6O. The SMILES string of the molecule is [3H]c1cc(-c2cnn3c(=O)n(Cc4ccc(C(F)(F)F)nc4[3H])nc3c2-c2ccncc2)ccc1Cl. The molecule has 0 radical (unpaired) electrons. The van der Waals surface area contributed by atoms with E-state index in [1.54, 1.807) is 42.7 Å². The van der Waals surface area contributed by atoms with Gasteiger partial charge in [0, 0.05) is 34.7 Å². The van der Waals surface area contributed by atoms with Crippen molar-refractivity contribution in [1.82, 2.24) is 29.4 Å². The lowest BCUT2D eigenvalue weighted by Gasteiger charge is -2.10. The number of alkyl halides is 3. The van der Waals surface area contributed by atoms with Crippen LogP contribution in [0.3, 0.4) is 0 Å². The third-order valence-electron chi connectivity index (χ3n) is 5.04. The van der Waals surface area contributed by atoms with Gasteiger partial charge in [-0.1, -0.05) is 29.8 Å². The Hall–Kier alpha value is -4.05. The van der Waals surface area contributed by atoms with E-state index in [2.05, 4.69) is 20.2 Å². The molecule has 0 atom stereocenters. The van der Waals surface area contributed by atoms with E-state index in [1.807, 2.05) is 0 Å². The van der Waals surface area contributed by atoms with Crippen molar-refractivity contribution in [3.8, 4) is 22.3 Å². The van der Waals surface area contributed by atoms with Gasteiger partial charge in [0.05, 0.1) is 15.5 Å². The van der Waals surface area contributed by atoms with Gasteiger partial charge >= 0.3 is 11.9 Å². The highest BCUT2D eigenvalue weighted by atomic mass is 35.5. The summed E-state index contributed by atoms with van der Waals surface area (Å²) in [6, 6.07) is 10.3. The summed E-state index contributed by atoms with van der Waals surface area (Å²) in [6.07, 6.45) is -0.684. The second-order valence-electron chi connectivity index (χ2n) is 7.24. The number of nitrogens with zero attached hydrogens (tertiary/aromatic N) is 6. The molecule has 11 heteroatoms. The van der Waals surface area contributed by atoms with E-state index < -0.39 is 23.7 Å². The number of benzene rings is 1. The molecule has 1 aromatic carbocycles. The van der Waals surface area contributed by atoms with Crippen LogP contribution in [0.1, 0.15) is 14.0 Å². The van der Waals surface area contributed by atoms with Crippen LogP contribution in [0.25, 0.3) is 27.9 Å². The monoisotopic (exact) mass is 486 g/mol. The Balaban J connectivity index is 1.68. The summed E-state index contributed by atoms with van der Waals surface area (Å²) >= 11 is 6.01. The van der Waals surface area contributed by atoms with Gasteiger partial charge in [-0.25, -0.2) is 9.48 Å². The van der Waals surface area contributed by atoms with Crippen LogP contribution in [-0.4, -0.2) is 29.4 Å². The van der Waals surface area contributed by atoms with Crippen LogP contribution >= 0.6 is 11.6 Å². The molecule has 0 aliphatic rings. The summed E-state index contributed by atoms with van der Waals surface area (Å²) in [4.78, 5) is 20.4. The Morgan fingerprint density at radius 1 is 1.03 bits per heavy atom. The Bertz CT molecular complexity index is 1670. The molecule has 0 fully saturated rings. The van der Waals surface area contributed by atoms with Crippen molar-refractivity contribution >= 4 is 17.2 Å². The Kier molecular flexibility index (Phi) is 4.79. The van der Waals surface area contributed by atoms with Crippen LogP contribution in [0.15, 0.2) is 78.1 Å². The van der Waals surface area contributed by atoms with Crippen LogP contribution in [0.5, 0.6) is 0 Å². The summed E-state index contributed by atoms with van der Waals surface area (Å²) < 4.78 is 56.8. The highest BCUT2D eigenvalue weighted by Gasteiger charge is 2.32. The Morgan fingerprint density at radius 3 is 2.53 bits per heavy atom. The lowest BCUT2D eigenvalue weighted by molar-refractivity contribution is -0.141. The molecule has 0 spiro atoms. The molecule has 0 aliphatic carbocycles. The lowest BCUT2D eigenvalue weighted by atomic mass is 9.98. The van der Waals surface area contributed by atoms with Crippen LogP contribution in [0.2, 0.25) is 5.02 Å². The molecule has 0 saturated carbocycles. The van der Waals surface area contributed by atoms with Crippen molar-refractivity contribution in [3.05, 3.63) is 100 Å². The van der Waals surface area contributed by atoms with Crippen molar-refractivity contribution < 1.29 is 15.9 Å². The predicted molar refractivity (Wildman–Crippen MR) is 119 cm³/mol. The van der Waals surface area contributed by atoms with Crippen LogP contribution in [-0.2, 0) is 12.7 Å². The molecule has 0 N–H and O–H groups in total. The standard InChI is InChI=1S/C23H14ClF3N6O/c24-17-4-2-15(3-5-17)18-12-30-33-21(20(18)16-7-9-28-10-8-16)31-32(22(33)34)13-14-1-6-19(29-11-14)23(25,26)27/h1-12H,13H2/i4T,11T. The number of halogens is 4. The van der Waals surface area contributed by atoms with E-state index in [9.17, 15) is 18.0 Å². The maximum atomic E-state index is 13.1. The fraction of sp³-hybridized carbons (Fsp3) is 0.0870. The molecule has 0 saturated heterocycles. The van der Waals surface area contributed by atoms with E-state index in [1.165, 1.54) is 6.20 Å². The second kappa shape index (κ2) is 8.38. The summed E-state index contributed by atoms with van der Waals surface area (Å²) in [5, 5.41) is 8.90. The zero-order valence-electron chi connectivity index (χ0n) is 19.1. The van der Waals surface area contributed by atoms with Crippen molar-refractivity contribution in [2.24, 2.45) is 0 Å². The molecule has 0 unspecified atom stereocenters. The molecule has 5 rings (SSSR count). The Morgan fingerprint density at radius 2 is 1.82 bits per heavy atom. The number of hydrogen-bond donors (Lipinski definition) is 0. The number of aromatic nitrogens is 6. The first-order chi connectivity index (χ1) is 17.1. The molecule has 34 heavy (non-hydrogen) atoms. The fourth-order valence-corrected chi connectivity index (χ4v) is 3.57. The molecule has 0 amide bonds. The van der Waals surface area contributed by atoms with Gasteiger partial charge in [0.15, 0.2) is 5.65 Å². The van der Waals surface area contributed by atoms with Crippen molar-refractivity contribution in [1.29, 1.82) is 0 Å². The maximum absolute atomic E-state index is 13.1.